The second-order valence-corrected chi connectivity index (χ2v) is 7.13. The number of nitro groups is 1. The Kier molecular flexibility index (Phi) is 6.12. The molecule has 0 aliphatic carbocycles. The summed E-state index contributed by atoms with van der Waals surface area (Å²) >= 11 is 3.26. The number of benzene rings is 1. The number of nitrogens with zero attached hydrogens (tertiary/aromatic N) is 2. The Hall–Kier alpha value is -1.93. The molecule has 1 aromatic heterocycles. The van der Waals surface area contributed by atoms with E-state index >= 15 is 0 Å². The van der Waals surface area contributed by atoms with Crippen LogP contribution in [0, 0.1) is 24.0 Å². The number of hydrogen-bond donors (Lipinski definition) is 1. The minimum Gasteiger partial charge on any atom is -0.326 e. The fraction of sp³-hybridized carbons (Fsp3) is 0.333. The highest BCUT2D eigenvalue weighted by Crippen LogP contribution is 2.22. The van der Waals surface area contributed by atoms with Gasteiger partial charge in [-0.3, -0.25) is 14.9 Å². The van der Waals surface area contributed by atoms with E-state index in [0.29, 0.717) is 23.4 Å². The maximum atomic E-state index is 11.9. The number of aryl methyl sites for hydroxylation is 2. The average molecular weight is 351 g/mol. The summed E-state index contributed by atoms with van der Waals surface area (Å²) < 4.78 is 0. The Labute approximate surface area is 142 Å². The molecule has 122 valence electrons. The van der Waals surface area contributed by atoms with Gasteiger partial charge < -0.3 is 5.32 Å². The van der Waals surface area contributed by atoms with E-state index in [1.807, 2.05) is 12.3 Å². The first-order valence-electron chi connectivity index (χ1n) is 6.99. The van der Waals surface area contributed by atoms with E-state index in [2.05, 4.69) is 10.3 Å². The lowest BCUT2D eigenvalue weighted by Crippen LogP contribution is -2.12. The molecular formula is C15H17N3O3S2. The van der Waals surface area contributed by atoms with Crippen LogP contribution in [0.5, 0.6) is 0 Å². The number of amides is 1. The molecule has 2 rings (SSSR count). The molecule has 8 heteroatoms. The number of aromatic nitrogens is 1. The SMILES string of the molecule is Cc1nc(CSCCC(=O)Nc2ccc(C)c([N+](=O)[O-])c2)cs1. The van der Waals surface area contributed by atoms with E-state index in [4.69, 9.17) is 0 Å². The first kappa shape index (κ1) is 17.4. The summed E-state index contributed by atoms with van der Waals surface area (Å²) in [5, 5.41) is 16.7. The predicted molar refractivity (Wildman–Crippen MR) is 94.1 cm³/mol. The summed E-state index contributed by atoms with van der Waals surface area (Å²) in [5.41, 5.74) is 2.07. The number of carbonyl (C=O) groups is 1. The highest BCUT2D eigenvalue weighted by Gasteiger charge is 2.12. The van der Waals surface area contributed by atoms with Crippen molar-refractivity contribution in [3.63, 3.8) is 0 Å². The van der Waals surface area contributed by atoms with Gasteiger partial charge in [0.15, 0.2) is 0 Å². The van der Waals surface area contributed by atoms with E-state index in [1.165, 1.54) is 6.07 Å². The number of thiazole rings is 1. The fourth-order valence-corrected chi connectivity index (χ4v) is 3.47. The molecule has 23 heavy (non-hydrogen) atoms. The molecule has 0 saturated carbocycles. The predicted octanol–water partition coefficient (Wildman–Crippen LogP) is 3.93. The molecule has 0 saturated heterocycles. The van der Waals surface area contributed by atoms with Gasteiger partial charge >= 0.3 is 0 Å². The highest BCUT2D eigenvalue weighted by atomic mass is 32.2. The highest BCUT2D eigenvalue weighted by molar-refractivity contribution is 7.98. The van der Waals surface area contributed by atoms with Gasteiger partial charge in [-0.25, -0.2) is 4.98 Å². The van der Waals surface area contributed by atoms with Crippen molar-refractivity contribution >= 4 is 40.4 Å². The van der Waals surface area contributed by atoms with Crippen LogP contribution in [0.25, 0.3) is 0 Å². The van der Waals surface area contributed by atoms with Crippen molar-refractivity contribution in [2.45, 2.75) is 26.0 Å². The van der Waals surface area contributed by atoms with Gasteiger partial charge in [0.1, 0.15) is 0 Å². The zero-order valence-electron chi connectivity index (χ0n) is 12.9. The van der Waals surface area contributed by atoms with Crippen LogP contribution in [0.1, 0.15) is 22.7 Å². The smallest absolute Gasteiger partial charge is 0.274 e. The topological polar surface area (TPSA) is 85.1 Å². The van der Waals surface area contributed by atoms with Gasteiger partial charge in [-0.2, -0.15) is 11.8 Å². The number of hydrogen-bond acceptors (Lipinski definition) is 6. The Bertz CT molecular complexity index is 716. The summed E-state index contributed by atoms with van der Waals surface area (Å²) in [4.78, 5) is 26.7. The van der Waals surface area contributed by atoms with Crippen molar-refractivity contribution in [2.75, 3.05) is 11.1 Å². The van der Waals surface area contributed by atoms with Crippen LogP contribution in [-0.2, 0) is 10.5 Å². The molecule has 1 heterocycles. The second-order valence-electron chi connectivity index (χ2n) is 4.97. The van der Waals surface area contributed by atoms with Gasteiger partial charge in [0, 0.05) is 40.6 Å². The monoisotopic (exact) mass is 351 g/mol. The van der Waals surface area contributed by atoms with Crippen LogP contribution in [0.3, 0.4) is 0 Å². The first-order chi connectivity index (χ1) is 11.0. The minimum absolute atomic E-state index is 0.0103. The molecule has 0 spiro atoms. The standard InChI is InChI=1S/C15H17N3O3S2/c1-10-3-4-12(7-14(10)18(20)21)17-15(19)5-6-22-8-13-9-23-11(2)16-13/h3-4,7,9H,5-6,8H2,1-2H3,(H,17,19). The summed E-state index contributed by atoms with van der Waals surface area (Å²) in [7, 11) is 0. The van der Waals surface area contributed by atoms with Gasteiger partial charge in [-0.1, -0.05) is 6.07 Å². The summed E-state index contributed by atoms with van der Waals surface area (Å²) in [6, 6.07) is 4.69. The molecule has 0 bridgehead atoms. The third kappa shape index (κ3) is 5.33. The molecular weight excluding hydrogens is 334 g/mol. The lowest BCUT2D eigenvalue weighted by Gasteiger charge is -2.06. The molecule has 0 radical (unpaired) electrons. The Balaban J connectivity index is 1.78. The number of rotatable bonds is 7. The lowest BCUT2D eigenvalue weighted by molar-refractivity contribution is -0.385. The number of nitro benzene ring substituents is 1. The van der Waals surface area contributed by atoms with Crippen LogP contribution in [0.4, 0.5) is 11.4 Å². The molecule has 0 aliphatic heterocycles. The molecule has 6 nitrogen and oxygen atoms in total. The van der Waals surface area contributed by atoms with Gasteiger partial charge in [0.05, 0.1) is 15.6 Å². The van der Waals surface area contributed by atoms with Gasteiger partial charge in [-0.05, 0) is 19.9 Å². The van der Waals surface area contributed by atoms with Gasteiger partial charge in [-0.15, -0.1) is 11.3 Å². The van der Waals surface area contributed by atoms with Crippen LogP contribution < -0.4 is 5.32 Å². The Morgan fingerprint density at radius 3 is 2.87 bits per heavy atom. The van der Waals surface area contributed by atoms with Crippen molar-refractivity contribution < 1.29 is 9.72 Å². The van der Waals surface area contributed by atoms with Crippen molar-refractivity contribution in [2.24, 2.45) is 0 Å². The summed E-state index contributed by atoms with van der Waals surface area (Å²) in [6.07, 6.45) is 0.357. The van der Waals surface area contributed by atoms with Crippen LogP contribution in [-0.4, -0.2) is 21.6 Å². The zero-order chi connectivity index (χ0) is 16.8. The largest absolute Gasteiger partial charge is 0.326 e. The third-order valence-electron chi connectivity index (χ3n) is 3.08. The molecule has 1 aromatic carbocycles. The fourth-order valence-electron chi connectivity index (χ4n) is 1.92. The maximum Gasteiger partial charge on any atom is 0.274 e. The number of anilines is 1. The van der Waals surface area contributed by atoms with E-state index < -0.39 is 4.92 Å². The third-order valence-corrected chi connectivity index (χ3v) is 4.89. The van der Waals surface area contributed by atoms with E-state index in [9.17, 15) is 14.9 Å². The number of nitrogens with one attached hydrogen (secondary N) is 1. The van der Waals surface area contributed by atoms with Crippen molar-refractivity contribution in [3.05, 3.63) is 50.0 Å². The Morgan fingerprint density at radius 1 is 1.43 bits per heavy atom. The first-order valence-corrected chi connectivity index (χ1v) is 9.03. The molecule has 0 fully saturated rings. The minimum atomic E-state index is -0.448. The second kappa shape index (κ2) is 8.07. The normalized spacial score (nSPS) is 10.5. The average Bonchev–Trinajstić information content (AvgIpc) is 2.91. The van der Waals surface area contributed by atoms with Crippen LogP contribution in [0.15, 0.2) is 23.6 Å². The molecule has 0 unspecified atom stereocenters. The van der Waals surface area contributed by atoms with Gasteiger partial charge in [0.2, 0.25) is 5.91 Å². The quantitative estimate of drug-likeness (QED) is 0.464. The number of thioether (sulfide) groups is 1. The van der Waals surface area contributed by atoms with Crippen LogP contribution in [0.2, 0.25) is 0 Å². The molecule has 0 aliphatic rings. The molecule has 1 N–H and O–H groups in total. The van der Waals surface area contributed by atoms with Crippen molar-refractivity contribution in [3.8, 4) is 0 Å². The summed E-state index contributed by atoms with van der Waals surface area (Å²) in [6.45, 7) is 3.63. The molecule has 1 amide bonds. The van der Waals surface area contributed by atoms with Crippen molar-refractivity contribution in [1.29, 1.82) is 0 Å². The van der Waals surface area contributed by atoms with E-state index in [1.54, 1.807) is 42.2 Å². The summed E-state index contributed by atoms with van der Waals surface area (Å²) in [5.74, 6) is 1.31. The van der Waals surface area contributed by atoms with Gasteiger partial charge in [0.25, 0.3) is 5.69 Å². The zero-order valence-corrected chi connectivity index (χ0v) is 14.5. The maximum absolute atomic E-state index is 11.9. The lowest BCUT2D eigenvalue weighted by atomic mass is 10.2. The molecule has 2 aromatic rings. The van der Waals surface area contributed by atoms with E-state index in [0.717, 1.165) is 16.5 Å². The van der Waals surface area contributed by atoms with E-state index in [-0.39, 0.29) is 11.6 Å². The Morgan fingerprint density at radius 2 is 2.22 bits per heavy atom. The molecule has 0 atom stereocenters. The number of carbonyl (C=O) groups excluding carboxylic acids is 1. The van der Waals surface area contributed by atoms with Crippen molar-refractivity contribution in [1.82, 2.24) is 4.98 Å². The van der Waals surface area contributed by atoms with Crippen LogP contribution >= 0.6 is 23.1 Å².